The van der Waals surface area contributed by atoms with E-state index in [4.69, 9.17) is 4.98 Å². The van der Waals surface area contributed by atoms with Crippen LogP contribution in [0.2, 0.25) is 0 Å². The van der Waals surface area contributed by atoms with Crippen LogP contribution < -0.4 is 5.32 Å². The molecule has 3 aromatic rings. The van der Waals surface area contributed by atoms with Crippen molar-refractivity contribution >= 4 is 5.95 Å². The fourth-order valence-corrected chi connectivity index (χ4v) is 3.67. The molecule has 0 saturated heterocycles. The van der Waals surface area contributed by atoms with Gasteiger partial charge in [-0.3, -0.25) is 4.90 Å². The molecule has 0 radical (unpaired) electrons. The van der Waals surface area contributed by atoms with Crippen LogP contribution in [0.25, 0.3) is 11.3 Å². The first kappa shape index (κ1) is 23.7. The third-order valence-electron chi connectivity index (χ3n) is 5.71. The van der Waals surface area contributed by atoms with E-state index in [1.807, 2.05) is 31.3 Å². The molecule has 5 heteroatoms. The van der Waals surface area contributed by atoms with Gasteiger partial charge in [0.2, 0.25) is 5.95 Å². The summed E-state index contributed by atoms with van der Waals surface area (Å²) in [5.41, 5.74) is 5.42. The number of anilines is 1. The number of phenolic OH excluding ortho intramolecular Hbond substituents is 1. The minimum absolute atomic E-state index is 0.335. The van der Waals surface area contributed by atoms with E-state index in [0.717, 1.165) is 55.3 Å². The van der Waals surface area contributed by atoms with E-state index in [1.54, 1.807) is 6.07 Å². The van der Waals surface area contributed by atoms with Crippen molar-refractivity contribution in [2.75, 3.05) is 25.0 Å². The monoisotopic (exact) mass is 432 g/mol. The largest absolute Gasteiger partial charge is 0.508 e. The molecule has 2 aromatic carbocycles. The summed E-state index contributed by atoms with van der Waals surface area (Å²) < 4.78 is 0. The van der Waals surface area contributed by atoms with Crippen molar-refractivity contribution in [3.8, 4) is 17.0 Å². The van der Waals surface area contributed by atoms with E-state index in [1.165, 1.54) is 17.5 Å². The lowest BCUT2D eigenvalue weighted by molar-refractivity contribution is 0.262. The van der Waals surface area contributed by atoms with Gasteiger partial charge in [0.15, 0.2) is 0 Å². The molecule has 0 aliphatic carbocycles. The lowest BCUT2D eigenvalue weighted by Crippen LogP contribution is -2.25. The quantitative estimate of drug-likeness (QED) is 0.408. The highest BCUT2D eigenvalue weighted by Crippen LogP contribution is 2.21. The van der Waals surface area contributed by atoms with Crippen molar-refractivity contribution < 1.29 is 5.11 Å². The van der Waals surface area contributed by atoms with Crippen molar-refractivity contribution in [3.05, 3.63) is 71.4 Å². The fourth-order valence-electron chi connectivity index (χ4n) is 3.67. The van der Waals surface area contributed by atoms with Gasteiger partial charge in [-0.25, -0.2) is 9.97 Å². The van der Waals surface area contributed by atoms with E-state index in [2.05, 4.69) is 60.2 Å². The van der Waals surface area contributed by atoms with Crippen molar-refractivity contribution in [1.82, 2.24) is 14.9 Å². The molecule has 0 spiro atoms. The Morgan fingerprint density at radius 2 is 1.91 bits per heavy atom. The lowest BCUT2D eigenvalue weighted by atomic mass is 10.1. The van der Waals surface area contributed by atoms with Crippen molar-refractivity contribution in [2.45, 2.75) is 47.1 Å². The second-order valence-electron chi connectivity index (χ2n) is 8.81. The Morgan fingerprint density at radius 3 is 2.66 bits per heavy atom. The van der Waals surface area contributed by atoms with Crippen molar-refractivity contribution in [1.29, 1.82) is 0 Å². The van der Waals surface area contributed by atoms with Gasteiger partial charge in [-0.05, 0) is 73.7 Å². The number of hydrogen-bond acceptors (Lipinski definition) is 5. The molecule has 0 fully saturated rings. The zero-order chi connectivity index (χ0) is 22.9. The van der Waals surface area contributed by atoms with E-state index in [0.29, 0.717) is 11.7 Å². The van der Waals surface area contributed by atoms with E-state index >= 15 is 0 Å². The molecule has 0 aliphatic rings. The van der Waals surface area contributed by atoms with Gasteiger partial charge in [0.25, 0.3) is 0 Å². The van der Waals surface area contributed by atoms with Gasteiger partial charge in [-0.1, -0.05) is 51.1 Å². The van der Waals surface area contributed by atoms with Crippen LogP contribution in [0, 0.1) is 12.8 Å². The molecule has 170 valence electrons. The summed E-state index contributed by atoms with van der Waals surface area (Å²) in [4.78, 5) is 11.6. The van der Waals surface area contributed by atoms with Gasteiger partial charge in [-0.2, -0.15) is 0 Å². The van der Waals surface area contributed by atoms with Gasteiger partial charge in [0, 0.05) is 24.8 Å². The number of phenols is 1. The Bertz CT molecular complexity index is 1000. The van der Waals surface area contributed by atoms with E-state index in [-0.39, 0.29) is 0 Å². The molecule has 0 bridgehead atoms. The summed E-state index contributed by atoms with van der Waals surface area (Å²) >= 11 is 0. The number of nitrogens with one attached hydrogen (secondary N) is 1. The summed E-state index contributed by atoms with van der Waals surface area (Å²) in [5.74, 6) is 1.69. The number of rotatable bonds is 11. The molecule has 0 atom stereocenters. The molecule has 1 heterocycles. The molecule has 0 amide bonds. The number of aryl methyl sites for hydroxylation is 1. The van der Waals surface area contributed by atoms with Crippen LogP contribution in [0.4, 0.5) is 5.95 Å². The second kappa shape index (κ2) is 11.6. The van der Waals surface area contributed by atoms with Crippen LogP contribution in [0.5, 0.6) is 5.75 Å². The Balaban J connectivity index is 1.62. The molecule has 0 unspecified atom stereocenters. The SMILES string of the molecule is CCN(CCC(C)C)Cc1cccc(-c2ccnc(NCCc3ccc(O)c(C)c3)n2)c1. The van der Waals surface area contributed by atoms with Crippen LogP contribution in [-0.2, 0) is 13.0 Å². The molecule has 32 heavy (non-hydrogen) atoms. The predicted molar refractivity (Wildman–Crippen MR) is 133 cm³/mol. The smallest absolute Gasteiger partial charge is 0.223 e. The highest BCUT2D eigenvalue weighted by Gasteiger charge is 2.08. The van der Waals surface area contributed by atoms with Crippen LogP contribution in [0.1, 0.15) is 43.9 Å². The summed E-state index contributed by atoms with van der Waals surface area (Å²) in [5, 5.41) is 13.0. The minimum atomic E-state index is 0.335. The zero-order valence-corrected chi connectivity index (χ0v) is 19.8. The number of hydrogen-bond donors (Lipinski definition) is 2. The second-order valence-corrected chi connectivity index (χ2v) is 8.81. The van der Waals surface area contributed by atoms with Gasteiger partial charge in [-0.15, -0.1) is 0 Å². The van der Waals surface area contributed by atoms with E-state index in [9.17, 15) is 5.11 Å². The molecule has 2 N–H and O–H groups in total. The third kappa shape index (κ3) is 7.06. The van der Waals surface area contributed by atoms with Gasteiger partial charge < -0.3 is 10.4 Å². The average molecular weight is 433 g/mol. The maximum absolute atomic E-state index is 9.68. The molecule has 3 rings (SSSR count). The zero-order valence-electron chi connectivity index (χ0n) is 19.8. The molecule has 1 aromatic heterocycles. The van der Waals surface area contributed by atoms with Gasteiger partial charge in [0.05, 0.1) is 5.69 Å². The number of nitrogens with zero attached hydrogens (tertiary/aromatic N) is 3. The highest BCUT2D eigenvalue weighted by atomic mass is 16.3. The Hall–Kier alpha value is -2.92. The van der Waals surface area contributed by atoms with Crippen LogP contribution in [0.3, 0.4) is 0 Å². The van der Waals surface area contributed by atoms with Gasteiger partial charge in [0.1, 0.15) is 5.75 Å². The van der Waals surface area contributed by atoms with Crippen molar-refractivity contribution in [2.24, 2.45) is 5.92 Å². The maximum atomic E-state index is 9.68. The molecule has 0 saturated carbocycles. The average Bonchev–Trinajstić information content (AvgIpc) is 2.79. The normalized spacial score (nSPS) is 11.3. The maximum Gasteiger partial charge on any atom is 0.223 e. The Morgan fingerprint density at radius 1 is 1.06 bits per heavy atom. The molecular weight excluding hydrogens is 396 g/mol. The topological polar surface area (TPSA) is 61.3 Å². The van der Waals surface area contributed by atoms with Crippen LogP contribution in [-0.4, -0.2) is 39.6 Å². The summed E-state index contributed by atoms with van der Waals surface area (Å²) in [6, 6.07) is 16.3. The summed E-state index contributed by atoms with van der Waals surface area (Å²) in [6.07, 6.45) is 3.87. The minimum Gasteiger partial charge on any atom is -0.508 e. The first-order valence-corrected chi connectivity index (χ1v) is 11.6. The first-order valence-electron chi connectivity index (χ1n) is 11.6. The summed E-state index contributed by atoms with van der Waals surface area (Å²) in [6.45, 7) is 12.6. The van der Waals surface area contributed by atoms with E-state index < -0.39 is 0 Å². The lowest BCUT2D eigenvalue weighted by Gasteiger charge is -2.21. The third-order valence-corrected chi connectivity index (χ3v) is 5.71. The molecule has 5 nitrogen and oxygen atoms in total. The summed E-state index contributed by atoms with van der Waals surface area (Å²) in [7, 11) is 0. The molecule has 0 aliphatic heterocycles. The number of aromatic nitrogens is 2. The molecular formula is C27H36N4O. The Kier molecular flexibility index (Phi) is 8.63. The number of benzene rings is 2. The predicted octanol–water partition coefficient (Wildman–Crippen LogP) is 5.68. The van der Waals surface area contributed by atoms with Crippen LogP contribution in [0.15, 0.2) is 54.7 Å². The van der Waals surface area contributed by atoms with Crippen molar-refractivity contribution in [3.63, 3.8) is 0 Å². The van der Waals surface area contributed by atoms with Crippen LogP contribution >= 0.6 is 0 Å². The van der Waals surface area contributed by atoms with Gasteiger partial charge >= 0.3 is 0 Å². The fraction of sp³-hybridized carbons (Fsp3) is 0.407. The number of aromatic hydroxyl groups is 1. The standard InChI is InChI=1S/C27H36N4O/c1-5-31(16-13-20(2)3)19-23-7-6-8-24(18-23)25-12-15-29-27(30-25)28-14-11-22-9-10-26(32)21(4)17-22/h6-10,12,15,17-18,20,32H,5,11,13-14,16,19H2,1-4H3,(H,28,29,30). The first-order chi connectivity index (χ1) is 15.4. The highest BCUT2D eigenvalue weighted by molar-refractivity contribution is 5.61. The Labute approximate surface area is 192 Å².